The van der Waals surface area contributed by atoms with Crippen LogP contribution >= 0.6 is 11.6 Å². The number of hydrogen-bond donors (Lipinski definition) is 2. The highest BCUT2D eigenvalue weighted by atomic mass is 35.5. The van der Waals surface area contributed by atoms with Crippen molar-refractivity contribution in [1.29, 1.82) is 0 Å². The van der Waals surface area contributed by atoms with Crippen LogP contribution in [0, 0.1) is 6.92 Å². The number of carboxylic acid groups (broad SMARTS) is 1. The molecule has 30 heavy (non-hydrogen) atoms. The highest BCUT2D eigenvalue weighted by Crippen LogP contribution is 2.33. The van der Waals surface area contributed by atoms with E-state index in [0.29, 0.717) is 64.7 Å². The van der Waals surface area contributed by atoms with Crippen LogP contribution in [-0.4, -0.2) is 53.2 Å². The zero-order chi connectivity index (χ0) is 21.3. The minimum Gasteiger partial charge on any atom is -0.478 e. The first kappa shape index (κ1) is 20.1. The van der Waals surface area contributed by atoms with Gasteiger partial charge in [0.05, 0.1) is 24.3 Å². The van der Waals surface area contributed by atoms with Crippen molar-refractivity contribution in [1.82, 2.24) is 9.88 Å². The Bertz CT molecular complexity index is 1140. The SMILES string of the molecule is Cc1c(Nc2ncc(C(=O)N3CCOCC3)c3c(Cl)cccc23)cccc1C(=O)O. The van der Waals surface area contributed by atoms with Gasteiger partial charge >= 0.3 is 5.97 Å². The van der Waals surface area contributed by atoms with Gasteiger partial charge < -0.3 is 20.1 Å². The van der Waals surface area contributed by atoms with Crippen LogP contribution in [0.15, 0.2) is 42.6 Å². The molecule has 1 aromatic heterocycles. The lowest BCUT2D eigenvalue weighted by Crippen LogP contribution is -2.40. The van der Waals surface area contributed by atoms with Crippen LogP contribution in [0.4, 0.5) is 11.5 Å². The number of aromatic carboxylic acids is 1. The first-order chi connectivity index (χ1) is 14.5. The molecule has 2 aromatic carbocycles. The van der Waals surface area contributed by atoms with Crippen molar-refractivity contribution in [3.05, 3.63) is 64.3 Å². The number of nitrogens with one attached hydrogen (secondary N) is 1. The third-order valence-corrected chi connectivity index (χ3v) is 5.52. The molecule has 154 valence electrons. The number of hydrogen-bond acceptors (Lipinski definition) is 5. The van der Waals surface area contributed by atoms with Gasteiger partial charge in [-0.15, -0.1) is 0 Å². The first-order valence-electron chi connectivity index (χ1n) is 9.51. The van der Waals surface area contributed by atoms with Gasteiger partial charge in [0.15, 0.2) is 0 Å². The van der Waals surface area contributed by atoms with Gasteiger partial charge in [-0.2, -0.15) is 0 Å². The topological polar surface area (TPSA) is 91.8 Å². The van der Waals surface area contributed by atoms with Crippen LogP contribution in [0.2, 0.25) is 5.02 Å². The fourth-order valence-electron chi connectivity index (χ4n) is 3.59. The molecule has 8 heteroatoms. The predicted molar refractivity (Wildman–Crippen MR) is 115 cm³/mol. The second-order valence-electron chi connectivity index (χ2n) is 7.00. The molecule has 0 bridgehead atoms. The van der Waals surface area contributed by atoms with Gasteiger partial charge in [-0.05, 0) is 30.7 Å². The number of carbonyl (C=O) groups excluding carboxylic acids is 1. The highest BCUT2D eigenvalue weighted by Gasteiger charge is 2.23. The first-order valence-corrected chi connectivity index (χ1v) is 9.89. The third kappa shape index (κ3) is 3.69. The van der Waals surface area contributed by atoms with Gasteiger partial charge in [-0.25, -0.2) is 9.78 Å². The van der Waals surface area contributed by atoms with E-state index in [0.717, 1.165) is 0 Å². The fraction of sp³-hybridized carbons (Fsp3) is 0.227. The van der Waals surface area contributed by atoms with E-state index in [2.05, 4.69) is 10.3 Å². The van der Waals surface area contributed by atoms with Crippen molar-refractivity contribution in [2.45, 2.75) is 6.92 Å². The molecule has 1 fully saturated rings. The molecular weight excluding hydrogens is 406 g/mol. The summed E-state index contributed by atoms with van der Waals surface area (Å²) in [6.45, 7) is 3.78. The van der Waals surface area contributed by atoms with Gasteiger partial charge in [0.1, 0.15) is 5.82 Å². The molecule has 2 N–H and O–H groups in total. The van der Waals surface area contributed by atoms with Crippen LogP contribution in [0.3, 0.4) is 0 Å². The minimum atomic E-state index is -0.997. The Morgan fingerprint density at radius 1 is 1.13 bits per heavy atom. The zero-order valence-electron chi connectivity index (χ0n) is 16.3. The van der Waals surface area contributed by atoms with E-state index in [1.807, 2.05) is 6.07 Å². The van der Waals surface area contributed by atoms with Crippen molar-refractivity contribution < 1.29 is 19.4 Å². The summed E-state index contributed by atoms with van der Waals surface area (Å²) in [6.07, 6.45) is 1.52. The summed E-state index contributed by atoms with van der Waals surface area (Å²) in [4.78, 5) is 30.7. The Balaban J connectivity index is 1.78. The van der Waals surface area contributed by atoms with Gasteiger partial charge in [0.25, 0.3) is 5.91 Å². The number of carbonyl (C=O) groups is 2. The second kappa shape index (κ2) is 8.30. The molecule has 0 radical (unpaired) electrons. The van der Waals surface area contributed by atoms with E-state index < -0.39 is 5.97 Å². The largest absolute Gasteiger partial charge is 0.478 e. The summed E-state index contributed by atoms with van der Waals surface area (Å²) in [5, 5.41) is 14.3. The van der Waals surface area contributed by atoms with Gasteiger partial charge in [0.2, 0.25) is 0 Å². The van der Waals surface area contributed by atoms with Crippen molar-refractivity contribution in [2.24, 2.45) is 0 Å². The zero-order valence-corrected chi connectivity index (χ0v) is 17.1. The minimum absolute atomic E-state index is 0.139. The number of fused-ring (bicyclic) bond motifs is 1. The molecule has 0 unspecified atom stereocenters. The van der Waals surface area contributed by atoms with Crippen LogP contribution in [0.25, 0.3) is 10.8 Å². The monoisotopic (exact) mass is 425 g/mol. The standard InChI is InChI=1S/C22H20ClN3O4/c1-13-14(22(28)29)4-3-7-18(13)25-20-15-5-2-6-17(23)19(15)16(12-24-20)21(27)26-8-10-30-11-9-26/h2-7,12H,8-11H2,1H3,(H,24,25)(H,28,29). The average molecular weight is 426 g/mol. The number of morpholine rings is 1. The maximum absolute atomic E-state index is 13.1. The number of rotatable bonds is 4. The Hall–Kier alpha value is -3.16. The smallest absolute Gasteiger partial charge is 0.336 e. The number of nitrogens with zero attached hydrogens (tertiary/aromatic N) is 2. The molecule has 0 spiro atoms. The number of ether oxygens (including phenoxy) is 1. The van der Waals surface area contributed by atoms with E-state index >= 15 is 0 Å². The van der Waals surface area contributed by atoms with E-state index in [1.165, 1.54) is 6.20 Å². The predicted octanol–water partition coefficient (Wildman–Crippen LogP) is 4.11. The van der Waals surface area contributed by atoms with Crippen LogP contribution in [-0.2, 0) is 4.74 Å². The number of aromatic nitrogens is 1. The third-order valence-electron chi connectivity index (χ3n) is 5.21. The quantitative estimate of drug-likeness (QED) is 0.653. The van der Waals surface area contributed by atoms with Crippen molar-refractivity contribution >= 4 is 45.8 Å². The van der Waals surface area contributed by atoms with Gasteiger partial charge in [-0.3, -0.25) is 4.79 Å². The summed E-state index contributed by atoms with van der Waals surface area (Å²) in [5.74, 6) is -0.639. The molecule has 3 aromatic rings. The number of carboxylic acids is 1. The molecule has 4 rings (SSSR count). The van der Waals surface area contributed by atoms with E-state index in [-0.39, 0.29) is 11.5 Å². The molecule has 2 heterocycles. The van der Waals surface area contributed by atoms with Crippen LogP contribution in [0.1, 0.15) is 26.3 Å². The molecule has 1 saturated heterocycles. The molecule has 0 saturated carbocycles. The highest BCUT2D eigenvalue weighted by molar-refractivity contribution is 6.37. The Morgan fingerprint density at radius 3 is 2.60 bits per heavy atom. The van der Waals surface area contributed by atoms with E-state index in [9.17, 15) is 14.7 Å². The summed E-state index contributed by atoms with van der Waals surface area (Å²) in [7, 11) is 0. The molecule has 7 nitrogen and oxygen atoms in total. The number of pyridine rings is 1. The average Bonchev–Trinajstić information content (AvgIpc) is 2.75. The molecule has 0 atom stereocenters. The lowest BCUT2D eigenvalue weighted by atomic mass is 10.0. The second-order valence-corrected chi connectivity index (χ2v) is 7.40. The van der Waals surface area contributed by atoms with Gasteiger partial charge in [-0.1, -0.05) is 29.8 Å². The number of amides is 1. The van der Waals surface area contributed by atoms with Gasteiger partial charge in [0, 0.05) is 40.8 Å². The lowest BCUT2D eigenvalue weighted by Gasteiger charge is -2.27. The Morgan fingerprint density at radius 2 is 1.87 bits per heavy atom. The van der Waals surface area contributed by atoms with Crippen molar-refractivity contribution in [3.8, 4) is 0 Å². The normalized spacial score (nSPS) is 14.0. The molecule has 1 aliphatic rings. The summed E-state index contributed by atoms with van der Waals surface area (Å²) in [5.41, 5.74) is 1.85. The van der Waals surface area contributed by atoms with E-state index in [4.69, 9.17) is 16.3 Å². The van der Waals surface area contributed by atoms with Crippen molar-refractivity contribution in [2.75, 3.05) is 31.6 Å². The summed E-state index contributed by atoms with van der Waals surface area (Å²) < 4.78 is 5.33. The Kier molecular flexibility index (Phi) is 5.57. The summed E-state index contributed by atoms with van der Waals surface area (Å²) in [6, 6.07) is 10.4. The maximum Gasteiger partial charge on any atom is 0.336 e. The molecule has 1 aliphatic heterocycles. The number of halogens is 1. The van der Waals surface area contributed by atoms with Crippen LogP contribution < -0.4 is 5.32 Å². The van der Waals surface area contributed by atoms with E-state index in [1.54, 1.807) is 42.2 Å². The van der Waals surface area contributed by atoms with Crippen molar-refractivity contribution in [3.63, 3.8) is 0 Å². The number of benzene rings is 2. The molecule has 1 amide bonds. The fourth-order valence-corrected chi connectivity index (χ4v) is 3.86. The maximum atomic E-state index is 13.1. The molecule has 0 aliphatic carbocycles. The molecular formula is C22H20ClN3O4. The summed E-state index contributed by atoms with van der Waals surface area (Å²) >= 11 is 6.49. The van der Waals surface area contributed by atoms with Crippen LogP contribution in [0.5, 0.6) is 0 Å². The lowest BCUT2D eigenvalue weighted by molar-refractivity contribution is 0.0304. The number of anilines is 2. The Labute approximate surface area is 178 Å².